The Bertz CT molecular complexity index is 634. The molecule has 0 aliphatic heterocycles. The first-order chi connectivity index (χ1) is 9.71. The molecule has 0 saturated carbocycles. The van der Waals surface area contributed by atoms with Gasteiger partial charge in [-0.3, -0.25) is 0 Å². The van der Waals surface area contributed by atoms with Crippen LogP contribution in [0.2, 0.25) is 0 Å². The first-order valence-corrected chi connectivity index (χ1v) is 7.27. The molecule has 0 fully saturated rings. The largest absolute Gasteiger partial charge is 0.366 e. The first kappa shape index (κ1) is 14.5. The lowest BCUT2D eigenvalue weighted by Crippen LogP contribution is -2.05. The second kappa shape index (κ2) is 7.01. The molecule has 0 atom stereocenters. The number of nitrogens with zero attached hydrogens (tertiary/aromatic N) is 3. The molecular weight excluding hydrogens is 316 g/mol. The molecule has 0 aliphatic rings. The fourth-order valence-electron chi connectivity index (χ4n) is 1.83. The molecule has 0 radical (unpaired) electrons. The number of rotatable bonds is 5. The number of halogens is 1. The molecule has 5 heteroatoms. The van der Waals surface area contributed by atoms with E-state index in [-0.39, 0.29) is 0 Å². The summed E-state index contributed by atoms with van der Waals surface area (Å²) in [4.78, 5) is 8.79. The van der Waals surface area contributed by atoms with Crippen LogP contribution in [-0.2, 0) is 13.0 Å². The number of hydrogen-bond donors (Lipinski definition) is 1. The molecule has 1 aromatic heterocycles. The van der Waals surface area contributed by atoms with Gasteiger partial charge in [0.2, 0.25) is 0 Å². The third kappa shape index (κ3) is 4.04. The summed E-state index contributed by atoms with van der Waals surface area (Å²) in [5.41, 5.74) is 1.72. The Labute approximate surface area is 127 Å². The van der Waals surface area contributed by atoms with E-state index in [9.17, 15) is 0 Å². The van der Waals surface area contributed by atoms with Gasteiger partial charge in [-0.05, 0) is 40.0 Å². The highest BCUT2D eigenvalue weighted by Crippen LogP contribution is 2.14. The highest BCUT2D eigenvalue weighted by atomic mass is 79.9. The van der Waals surface area contributed by atoms with Gasteiger partial charge in [-0.25, -0.2) is 9.97 Å². The predicted octanol–water partition coefficient (Wildman–Crippen LogP) is 3.68. The van der Waals surface area contributed by atoms with Crippen LogP contribution in [0.3, 0.4) is 0 Å². The van der Waals surface area contributed by atoms with Crippen LogP contribution in [0.5, 0.6) is 0 Å². The van der Waals surface area contributed by atoms with E-state index in [1.54, 1.807) is 6.07 Å². The minimum Gasteiger partial charge on any atom is -0.366 e. The molecule has 2 rings (SSSR count). The van der Waals surface area contributed by atoms with Crippen LogP contribution >= 0.6 is 15.9 Å². The number of nitriles is 1. The van der Waals surface area contributed by atoms with Crippen LogP contribution in [0.15, 0.2) is 34.9 Å². The summed E-state index contributed by atoms with van der Waals surface area (Å²) in [7, 11) is 0. The van der Waals surface area contributed by atoms with Gasteiger partial charge in [0, 0.05) is 19.0 Å². The van der Waals surface area contributed by atoms with E-state index in [0.717, 1.165) is 34.7 Å². The number of aryl methyl sites for hydroxylation is 1. The van der Waals surface area contributed by atoms with Crippen molar-refractivity contribution < 1.29 is 0 Å². The highest BCUT2D eigenvalue weighted by Gasteiger charge is 2.03. The lowest BCUT2D eigenvalue weighted by atomic mass is 10.1. The minimum atomic E-state index is 0.630. The van der Waals surface area contributed by atoms with Gasteiger partial charge in [0.15, 0.2) is 0 Å². The average Bonchev–Trinajstić information content (AvgIpc) is 2.45. The zero-order valence-electron chi connectivity index (χ0n) is 11.2. The number of aromatic nitrogens is 2. The number of anilines is 1. The number of benzene rings is 1. The average molecular weight is 331 g/mol. The van der Waals surface area contributed by atoms with Crippen molar-refractivity contribution in [2.75, 3.05) is 5.32 Å². The third-order valence-corrected chi connectivity index (χ3v) is 3.15. The van der Waals surface area contributed by atoms with Gasteiger partial charge in [0.05, 0.1) is 11.6 Å². The van der Waals surface area contributed by atoms with Gasteiger partial charge in [0.25, 0.3) is 0 Å². The van der Waals surface area contributed by atoms with Crippen molar-refractivity contribution in [3.63, 3.8) is 0 Å². The molecular formula is C15H15BrN4. The maximum absolute atomic E-state index is 8.88. The topological polar surface area (TPSA) is 61.6 Å². The first-order valence-electron chi connectivity index (χ1n) is 6.47. The Morgan fingerprint density at radius 2 is 2.15 bits per heavy atom. The Morgan fingerprint density at radius 3 is 2.90 bits per heavy atom. The lowest BCUT2D eigenvalue weighted by molar-refractivity contribution is 0.828. The van der Waals surface area contributed by atoms with Crippen LogP contribution in [0.1, 0.15) is 30.3 Å². The summed E-state index contributed by atoms with van der Waals surface area (Å²) < 4.78 is 0.782. The number of nitrogens with one attached hydrogen (secondary N) is 1. The zero-order chi connectivity index (χ0) is 14.4. The van der Waals surface area contributed by atoms with Crippen molar-refractivity contribution in [2.45, 2.75) is 26.3 Å². The van der Waals surface area contributed by atoms with Crippen LogP contribution in [0.25, 0.3) is 0 Å². The predicted molar refractivity (Wildman–Crippen MR) is 82.2 cm³/mol. The zero-order valence-corrected chi connectivity index (χ0v) is 12.8. The number of hydrogen-bond acceptors (Lipinski definition) is 4. The van der Waals surface area contributed by atoms with Gasteiger partial charge < -0.3 is 5.32 Å². The normalized spacial score (nSPS) is 10.1. The maximum atomic E-state index is 8.88. The van der Waals surface area contributed by atoms with E-state index in [1.807, 2.05) is 24.3 Å². The third-order valence-electron chi connectivity index (χ3n) is 2.74. The SMILES string of the molecule is CCCc1nc(Br)cc(NCc2cccc(C#N)c2)n1. The van der Waals surface area contributed by atoms with Crippen LogP contribution < -0.4 is 5.32 Å². The lowest BCUT2D eigenvalue weighted by Gasteiger charge is -2.08. The molecule has 0 unspecified atom stereocenters. The molecule has 1 aromatic carbocycles. The summed E-state index contributed by atoms with van der Waals surface area (Å²) in [5.74, 6) is 1.62. The Hall–Kier alpha value is -1.93. The van der Waals surface area contributed by atoms with Gasteiger partial charge >= 0.3 is 0 Å². The molecule has 0 amide bonds. The summed E-state index contributed by atoms with van der Waals surface area (Å²) in [5, 5.41) is 12.1. The molecule has 102 valence electrons. The van der Waals surface area contributed by atoms with Gasteiger partial charge in [-0.1, -0.05) is 19.1 Å². The Kier molecular flexibility index (Phi) is 5.08. The fraction of sp³-hybridized carbons (Fsp3) is 0.267. The molecule has 20 heavy (non-hydrogen) atoms. The molecule has 0 spiro atoms. The van der Waals surface area contributed by atoms with Crippen molar-refractivity contribution in [3.05, 3.63) is 51.9 Å². The van der Waals surface area contributed by atoms with Crippen LogP contribution in [-0.4, -0.2) is 9.97 Å². The van der Waals surface area contributed by atoms with Gasteiger partial charge in [-0.2, -0.15) is 5.26 Å². The van der Waals surface area contributed by atoms with E-state index in [1.165, 1.54) is 0 Å². The quantitative estimate of drug-likeness (QED) is 0.849. The van der Waals surface area contributed by atoms with E-state index in [4.69, 9.17) is 5.26 Å². The van der Waals surface area contributed by atoms with Crippen molar-refractivity contribution in [1.29, 1.82) is 5.26 Å². The maximum Gasteiger partial charge on any atom is 0.132 e. The van der Waals surface area contributed by atoms with E-state index < -0.39 is 0 Å². The van der Waals surface area contributed by atoms with Crippen molar-refractivity contribution in [3.8, 4) is 6.07 Å². The van der Waals surface area contributed by atoms with E-state index >= 15 is 0 Å². The minimum absolute atomic E-state index is 0.630. The highest BCUT2D eigenvalue weighted by molar-refractivity contribution is 9.10. The molecule has 0 aliphatic carbocycles. The molecule has 1 N–H and O–H groups in total. The molecule has 0 saturated heterocycles. The fourth-order valence-corrected chi connectivity index (χ4v) is 2.26. The van der Waals surface area contributed by atoms with Crippen molar-refractivity contribution in [1.82, 2.24) is 9.97 Å². The van der Waals surface area contributed by atoms with Crippen molar-refractivity contribution in [2.24, 2.45) is 0 Å². The summed E-state index contributed by atoms with van der Waals surface area (Å²) in [6.07, 6.45) is 1.87. The molecule has 1 heterocycles. The summed E-state index contributed by atoms with van der Waals surface area (Å²) in [6, 6.07) is 11.5. The molecule has 4 nitrogen and oxygen atoms in total. The monoisotopic (exact) mass is 330 g/mol. The summed E-state index contributed by atoms with van der Waals surface area (Å²) in [6.45, 7) is 2.73. The smallest absolute Gasteiger partial charge is 0.132 e. The van der Waals surface area contributed by atoms with Crippen LogP contribution in [0.4, 0.5) is 5.82 Å². The molecule has 2 aromatic rings. The van der Waals surface area contributed by atoms with Crippen molar-refractivity contribution >= 4 is 21.7 Å². The van der Waals surface area contributed by atoms with E-state index in [0.29, 0.717) is 12.1 Å². The second-order valence-corrected chi connectivity index (χ2v) is 5.22. The summed E-state index contributed by atoms with van der Waals surface area (Å²) >= 11 is 3.40. The van der Waals surface area contributed by atoms with Gasteiger partial charge in [0.1, 0.15) is 16.2 Å². The Morgan fingerprint density at radius 1 is 1.30 bits per heavy atom. The van der Waals surface area contributed by atoms with Crippen LogP contribution in [0, 0.1) is 11.3 Å². The standard InChI is InChI=1S/C15H15BrN4/c1-2-4-14-19-13(16)8-15(20-14)18-10-12-6-3-5-11(7-12)9-17/h3,5-8H,2,4,10H2,1H3,(H,18,19,20). The molecule has 0 bridgehead atoms. The Balaban J connectivity index is 2.08. The second-order valence-electron chi connectivity index (χ2n) is 4.41. The van der Waals surface area contributed by atoms with Gasteiger partial charge in [-0.15, -0.1) is 0 Å². The van der Waals surface area contributed by atoms with E-state index in [2.05, 4.69) is 44.2 Å².